The number of hydrogen-bond donors (Lipinski definition) is 1. The van der Waals surface area contributed by atoms with E-state index in [1.54, 1.807) is 44.9 Å². The molecule has 0 saturated carbocycles. The van der Waals surface area contributed by atoms with Gasteiger partial charge in [0.1, 0.15) is 0 Å². The molecule has 26 heavy (non-hydrogen) atoms. The number of carbonyl (C=O) groups is 1. The molecule has 0 unspecified atom stereocenters. The zero-order chi connectivity index (χ0) is 19.5. The molecule has 1 N–H and O–H groups in total. The highest BCUT2D eigenvalue weighted by molar-refractivity contribution is 7.89. The summed E-state index contributed by atoms with van der Waals surface area (Å²) in [5.74, 6) is -0.187. The second-order valence-corrected chi connectivity index (χ2v) is 9.29. The molecular formula is C19H23ClN2O3S. The molecule has 0 fully saturated rings. The molecule has 0 atom stereocenters. The summed E-state index contributed by atoms with van der Waals surface area (Å²) in [4.78, 5) is 14.2. The summed E-state index contributed by atoms with van der Waals surface area (Å²) in [5.41, 5.74) is 0.807. The molecule has 2 rings (SSSR count). The Balaban J connectivity index is 2.11. The Labute approximate surface area is 160 Å². The van der Waals surface area contributed by atoms with Crippen molar-refractivity contribution in [3.63, 3.8) is 0 Å². The van der Waals surface area contributed by atoms with Crippen LogP contribution in [-0.2, 0) is 16.6 Å². The van der Waals surface area contributed by atoms with Crippen molar-refractivity contribution in [2.75, 3.05) is 7.05 Å². The van der Waals surface area contributed by atoms with E-state index < -0.39 is 15.6 Å². The van der Waals surface area contributed by atoms with Gasteiger partial charge in [-0.15, -0.1) is 0 Å². The first-order valence-electron chi connectivity index (χ1n) is 8.12. The summed E-state index contributed by atoms with van der Waals surface area (Å²) < 4.78 is 27.2. The lowest BCUT2D eigenvalue weighted by Crippen LogP contribution is -2.40. The molecule has 0 aliphatic rings. The van der Waals surface area contributed by atoms with Gasteiger partial charge in [0.05, 0.1) is 4.90 Å². The van der Waals surface area contributed by atoms with E-state index in [1.165, 1.54) is 24.3 Å². The van der Waals surface area contributed by atoms with Crippen LogP contribution >= 0.6 is 11.6 Å². The fraction of sp³-hybridized carbons (Fsp3) is 0.316. The third kappa shape index (κ3) is 5.56. The molecule has 0 radical (unpaired) electrons. The molecular weight excluding hydrogens is 372 g/mol. The van der Waals surface area contributed by atoms with Gasteiger partial charge in [-0.3, -0.25) is 4.79 Å². The first kappa shape index (κ1) is 20.4. The van der Waals surface area contributed by atoms with Crippen LogP contribution in [0.4, 0.5) is 0 Å². The van der Waals surface area contributed by atoms with E-state index in [0.717, 1.165) is 5.56 Å². The van der Waals surface area contributed by atoms with Gasteiger partial charge in [-0.1, -0.05) is 23.7 Å². The topological polar surface area (TPSA) is 66.5 Å². The summed E-state index contributed by atoms with van der Waals surface area (Å²) in [5, 5.41) is 0.642. The van der Waals surface area contributed by atoms with Gasteiger partial charge in [0, 0.05) is 29.7 Å². The van der Waals surface area contributed by atoms with Crippen molar-refractivity contribution in [2.24, 2.45) is 0 Å². The lowest BCUT2D eigenvalue weighted by Gasteiger charge is -2.21. The van der Waals surface area contributed by atoms with E-state index in [-0.39, 0.29) is 10.8 Å². The number of benzene rings is 2. The van der Waals surface area contributed by atoms with Crippen molar-refractivity contribution >= 4 is 27.5 Å². The van der Waals surface area contributed by atoms with Gasteiger partial charge in [0.2, 0.25) is 10.0 Å². The Bertz CT molecular complexity index is 870. The first-order valence-corrected chi connectivity index (χ1v) is 9.98. The predicted molar refractivity (Wildman–Crippen MR) is 104 cm³/mol. The van der Waals surface area contributed by atoms with Gasteiger partial charge < -0.3 is 4.90 Å². The largest absolute Gasteiger partial charge is 0.337 e. The average Bonchev–Trinajstić information content (AvgIpc) is 2.54. The first-order chi connectivity index (χ1) is 12.0. The lowest BCUT2D eigenvalue weighted by molar-refractivity contribution is 0.0785. The quantitative estimate of drug-likeness (QED) is 0.840. The number of sulfonamides is 1. The maximum atomic E-state index is 12.5. The molecule has 0 bridgehead atoms. The van der Waals surface area contributed by atoms with Crippen LogP contribution in [0.2, 0.25) is 5.02 Å². The van der Waals surface area contributed by atoms with E-state index in [2.05, 4.69) is 4.72 Å². The van der Waals surface area contributed by atoms with E-state index in [1.807, 2.05) is 12.1 Å². The van der Waals surface area contributed by atoms with Crippen LogP contribution in [0.25, 0.3) is 0 Å². The van der Waals surface area contributed by atoms with Gasteiger partial charge in [-0.05, 0) is 62.7 Å². The minimum absolute atomic E-state index is 0.129. The Morgan fingerprint density at radius 2 is 1.58 bits per heavy atom. The summed E-state index contributed by atoms with van der Waals surface area (Å²) in [6.07, 6.45) is 0. The van der Waals surface area contributed by atoms with Gasteiger partial charge in [-0.2, -0.15) is 0 Å². The van der Waals surface area contributed by atoms with Gasteiger partial charge in [0.25, 0.3) is 5.91 Å². The molecule has 0 spiro atoms. The van der Waals surface area contributed by atoms with Crippen LogP contribution in [0.1, 0.15) is 36.7 Å². The monoisotopic (exact) mass is 394 g/mol. The molecule has 0 saturated heterocycles. The molecule has 0 aliphatic carbocycles. The van der Waals surface area contributed by atoms with Crippen molar-refractivity contribution in [3.05, 3.63) is 64.7 Å². The molecule has 2 aromatic rings. The van der Waals surface area contributed by atoms with Crippen LogP contribution < -0.4 is 4.72 Å². The number of halogens is 1. The zero-order valence-corrected chi connectivity index (χ0v) is 16.9. The van der Waals surface area contributed by atoms with E-state index >= 15 is 0 Å². The van der Waals surface area contributed by atoms with Gasteiger partial charge in [-0.25, -0.2) is 13.1 Å². The van der Waals surface area contributed by atoms with Gasteiger partial charge >= 0.3 is 0 Å². The second kappa shape index (κ2) is 7.78. The fourth-order valence-electron chi connectivity index (χ4n) is 2.39. The van der Waals surface area contributed by atoms with Crippen LogP contribution in [0, 0.1) is 0 Å². The minimum atomic E-state index is -3.62. The van der Waals surface area contributed by atoms with Crippen molar-refractivity contribution in [1.29, 1.82) is 0 Å². The van der Waals surface area contributed by atoms with Crippen LogP contribution in [-0.4, -0.2) is 31.8 Å². The number of nitrogens with one attached hydrogen (secondary N) is 1. The second-order valence-electron chi connectivity index (χ2n) is 7.17. The van der Waals surface area contributed by atoms with Gasteiger partial charge in [0.15, 0.2) is 0 Å². The minimum Gasteiger partial charge on any atom is -0.337 e. The average molecular weight is 395 g/mol. The Kier molecular flexibility index (Phi) is 6.11. The van der Waals surface area contributed by atoms with Crippen molar-refractivity contribution in [1.82, 2.24) is 9.62 Å². The third-order valence-electron chi connectivity index (χ3n) is 3.53. The van der Waals surface area contributed by atoms with E-state index in [0.29, 0.717) is 17.1 Å². The number of carbonyl (C=O) groups excluding carboxylic acids is 1. The van der Waals surface area contributed by atoms with Crippen LogP contribution in [0.5, 0.6) is 0 Å². The fourth-order valence-corrected chi connectivity index (χ4v) is 3.94. The predicted octanol–water partition coefficient (Wildman–Crippen LogP) is 3.69. The third-order valence-corrected chi connectivity index (χ3v) is 5.56. The highest BCUT2D eigenvalue weighted by atomic mass is 35.5. The highest BCUT2D eigenvalue weighted by Gasteiger charge is 2.22. The molecule has 140 valence electrons. The standard InChI is InChI=1S/C19H23ClN2O3S/c1-19(2,3)21-26(24,25)17-11-7-15(8-12-17)18(23)22(4)13-14-5-9-16(20)10-6-14/h5-12,21H,13H2,1-4H3. The Morgan fingerprint density at radius 3 is 2.08 bits per heavy atom. The number of hydrogen-bond acceptors (Lipinski definition) is 3. The number of amides is 1. The smallest absolute Gasteiger partial charge is 0.253 e. The van der Waals surface area contributed by atoms with E-state index in [9.17, 15) is 13.2 Å². The summed E-state index contributed by atoms with van der Waals surface area (Å²) in [6, 6.07) is 13.2. The Hall–Kier alpha value is -1.89. The number of nitrogens with zero attached hydrogens (tertiary/aromatic N) is 1. The Morgan fingerprint density at radius 1 is 1.04 bits per heavy atom. The maximum Gasteiger partial charge on any atom is 0.253 e. The van der Waals surface area contributed by atoms with Crippen LogP contribution in [0.15, 0.2) is 53.4 Å². The summed E-state index contributed by atoms with van der Waals surface area (Å²) >= 11 is 5.86. The maximum absolute atomic E-state index is 12.5. The van der Waals surface area contributed by atoms with E-state index in [4.69, 9.17) is 11.6 Å². The summed E-state index contributed by atoms with van der Waals surface area (Å²) in [6.45, 7) is 5.75. The molecule has 2 aromatic carbocycles. The highest BCUT2D eigenvalue weighted by Crippen LogP contribution is 2.16. The summed E-state index contributed by atoms with van der Waals surface area (Å²) in [7, 11) is -1.92. The SMILES string of the molecule is CN(Cc1ccc(Cl)cc1)C(=O)c1ccc(S(=O)(=O)NC(C)(C)C)cc1. The normalized spacial score (nSPS) is 12.0. The molecule has 7 heteroatoms. The molecule has 0 aromatic heterocycles. The lowest BCUT2D eigenvalue weighted by atomic mass is 10.1. The van der Waals surface area contributed by atoms with Crippen LogP contribution in [0.3, 0.4) is 0 Å². The molecule has 0 heterocycles. The molecule has 1 amide bonds. The zero-order valence-electron chi connectivity index (χ0n) is 15.3. The molecule has 0 aliphatic heterocycles. The van der Waals surface area contributed by atoms with Crippen molar-refractivity contribution in [2.45, 2.75) is 37.8 Å². The van der Waals surface area contributed by atoms with Crippen molar-refractivity contribution < 1.29 is 13.2 Å². The molecule has 5 nitrogen and oxygen atoms in total. The number of rotatable bonds is 5. The van der Waals surface area contributed by atoms with Crippen molar-refractivity contribution in [3.8, 4) is 0 Å².